The molecule has 4 heterocycles. The van der Waals surface area contributed by atoms with E-state index in [1.165, 1.54) is 0 Å². The molecule has 1 spiro atoms. The highest BCUT2D eigenvalue weighted by atomic mass is 16.7. The Morgan fingerprint density at radius 3 is 2.56 bits per heavy atom. The zero-order chi connectivity index (χ0) is 22.1. The lowest BCUT2D eigenvalue weighted by atomic mass is 9.99. The number of nitrogens with zero attached hydrogens (tertiary/aromatic N) is 3. The van der Waals surface area contributed by atoms with Crippen LogP contribution < -0.4 is 15.0 Å². The van der Waals surface area contributed by atoms with E-state index in [-0.39, 0.29) is 11.9 Å². The second-order valence-corrected chi connectivity index (χ2v) is 9.05. The summed E-state index contributed by atoms with van der Waals surface area (Å²) in [7, 11) is 3.78. The predicted molar refractivity (Wildman–Crippen MR) is 122 cm³/mol. The van der Waals surface area contributed by atoms with Crippen LogP contribution >= 0.6 is 0 Å². The summed E-state index contributed by atoms with van der Waals surface area (Å²) in [4.78, 5) is 22.6. The number of hydrogen-bond donors (Lipinski definition) is 1. The van der Waals surface area contributed by atoms with E-state index in [0.717, 1.165) is 74.2 Å². The summed E-state index contributed by atoms with van der Waals surface area (Å²) in [5.74, 6) is 0.234. The molecule has 8 heteroatoms. The lowest BCUT2D eigenvalue weighted by Gasteiger charge is -2.39. The molecule has 1 aromatic carbocycles. The first-order valence-corrected chi connectivity index (χ1v) is 11.6. The van der Waals surface area contributed by atoms with Crippen LogP contribution in [0, 0.1) is 0 Å². The lowest BCUT2D eigenvalue weighted by Crippen LogP contribution is -2.46. The van der Waals surface area contributed by atoms with Gasteiger partial charge in [0.15, 0.2) is 5.79 Å². The Bertz CT molecular complexity index is 973. The standard InChI is InChI=1S/C24H32N4O4/c1-27-9-5-17(6-10-27)26-23(29)20-16-25-21-4-3-18(30-2)15-19(21)22(20)28-11-7-24(8-12-28)31-13-14-32-24/h3-4,15-17H,5-14H2,1-2H3,(H,26,29). The second kappa shape index (κ2) is 8.84. The van der Waals surface area contributed by atoms with E-state index in [4.69, 9.17) is 14.2 Å². The van der Waals surface area contributed by atoms with Gasteiger partial charge in [-0.15, -0.1) is 0 Å². The minimum absolute atomic E-state index is 0.0552. The molecule has 0 aliphatic carbocycles. The zero-order valence-electron chi connectivity index (χ0n) is 18.9. The van der Waals surface area contributed by atoms with Gasteiger partial charge in [0, 0.05) is 43.6 Å². The molecule has 0 bridgehead atoms. The highest BCUT2D eigenvalue weighted by Gasteiger charge is 2.40. The van der Waals surface area contributed by atoms with Crippen molar-refractivity contribution in [2.45, 2.75) is 37.5 Å². The number of carbonyl (C=O) groups excluding carboxylic acids is 1. The van der Waals surface area contributed by atoms with Gasteiger partial charge >= 0.3 is 0 Å². The van der Waals surface area contributed by atoms with Crippen LogP contribution in [-0.2, 0) is 9.47 Å². The number of hydrogen-bond acceptors (Lipinski definition) is 7. The quantitative estimate of drug-likeness (QED) is 0.782. The number of likely N-dealkylation sites (tertiary alicyclic amines) is 1. The molecule has 0 radical (unpaired) electrons. The van der Waals surface area contributed by atoms with Crippen molar-refractivity contribution in [1.29, 1.82) is 0 Å². The summed E-state index contributed by atoms with van der Waals surface area (Å²) in [6, 6.07) is 6.03. The van der Waals surface area contributed by atoms with Gasteiger partial charge in [-0.05, 0) is 51.2 Å². The van der Waals surface area contributed by atoms with Crippen molar-refractivity contribution in [1.82, 2.24) is 15.2 Å². The number of carbonyl (C=O) groups is 1. The number of methoxy groups -OCH3 is 1. The number of fused-ring (bicyclic) bond motifs is 1. The van der Waals surface area contributed by atoms with E-state index in [1.54, 1.807) is 13.3 Å². The summed E-state index contributed by atoms with van der Waals surface area (Å²) < 4.78 is 17.3. The molecule has 8 nitrogen and oxygen atoms in total. The highest BCUT2D eigenvalue weighted by Crippen LogP contribution is 2.38. The van der Waals surface area contributed by atoms with Crippen molar-refractivity contribution < 1.29 is 19.0 Å². The molecule has 0 unspecified atom stereocenters. The third kappa shape index (κ3) is 4.14. The Labute approximate surface area is 188 Å². The van der Waals surface area contributed by atoms with Gasteiger partial charge in [-0.25, -0.2) is 0 Å². The van der Waals surface area contributed by atoms with E-state index < -0.39 is 5.79 Å². The Hall–Kier alpha value is -2.42. The topological polar surface area (TPSA) is 76.2 Å². The van der Waals surface area contributed by atoms with E-state index in [9.17, 15) is 4.79 Å². The van der Waals surface area contributed by atoms with Crippen molar-refractivity contribution in [3.8, 4) is 5.75 Å². The summed E-state index contributed by atoms with van der Waals surface area (Å²) in [6.07, 6.45) is 5.20. The number of nitrogens with one attached hydrogen (secondary N) is 1. The van der Waals surface area contributed by atoms with Gasteiger partial charge in [0.1, 0.15) is 5.75 Å². The van der Waals surface area contributed by atoms with Gasteiger partial charge in [0.25, 0.3) is 5.91 Å². The summed E-state index contributed by atoms with van der Waals surface area (Å²) in [6.45, 7) is 4.81. The van der Waals surface area contributed by atoms with Crippen molar-refractivity contribution >= 4 is 22.5 Å². The van der Waals surface area contributed by atoms with Crippen molar-refractivity contribution in [3.05, 3.63) is 30.0 Å². The van der Waals surface area contributed by atoms with E-state index >= 15 is 0 Å². The minimum atomic E-state index is -0.465. The highest BCUT2D eigenvalue weighted by molar-refractivity contribution is 6.07. The fourth-order valence-corrected chi connectivity index (χ4v) is 5.06. The number of benzene rings is 1. The average Bonchev–Trinajstić information content (AvgIpc) is 3.28. The maximum atomic E-state index is 13.4. The van der Waals surface area contributed by atoms with Gasteiger partial charge < -0.3 is 29.3 Å². The molecule has 0 saturated carbocycles. The number of amides is 1. The number of piperidine rings is 2. The number of anilines is 1. The van der Waals surface area contributed by atoms with Crippen molar-refractivity contribution in [3.63, 3.8) is 0 Å². The Morgan fingerprint density at radius 1 is 1.16 bits per heavy atom. The monoisotopic (exact) mass is 440 g/mol. The van der Waals surface area contributed by atoms with Crippen LogP contribution in [0.5, 0.6) is 5.75 Å². The van der Waals surface area contributed by atoms with Crippen LogP contribution in [0.4, 0.5) is 5.69 Å². The van der Waals surface area contributed by atoms with Gasteiger partial charge in [-0.3, -0.25) is 9.78 Å². The van der Waals surface area contributed by atoms with Gasteiger partial charge in [-0.2, -0.15) is 0 Å². The van der Waals surface area contributed by atoms with E-state index in [2.05, 4.69) is 27.1 Å². The van der Waals surface area contributed by atoms with Crippen molar-refractivity contribution in [2.75, 3.05) is 58.5 Å². The molecule has 0 atom stereocenters. The van der Waals surface area contributed by atoms with Gasteiger partial charge in [0.2, 0.25) is 0 Å². The Morgan fingerprint density at radius 2 is 1.88 bits per heavy atom. The molecule has 3 aliphatic heterocycles. The normalized spacial score (nSPS) is 21.9. The second-order valence-electron chi connectivity index (χ2n) is 9.05. The summed E-state index contributed by atoms with van der Waals surface area (Å²) in [5.41, 5.74) is 2.39. The molecule has 172 valence electrons. The third-order valence-electron chi connectivity index (χ3n) is 7.00. The molecule has 3 saturated heterocycles. The van der Waals surface area contributed by atoms with Crippen molar-refractivity contribution in [2.24, 2.45) is 0 Å². The molecule has 32 heavy (non-hydrogen) atoms. The fraction of sp³-hybridized carbons (Fsp3) is 0.583. The third-order valence-corrected chi connectivity index (χ3v) is 7.00. The smallest absolute Gasteiger partial charge is 0.255 e. The molecule has 1 N–H and O–H groups in total. The zero-order valence-corrected chi connectivity index (χ0v) is 18.9. The average molecular weight is 441 g/mol. The number of aromatic nitrogens is 1. The number of ether oxygens (including phenoxy) is 3. The SMILES string of the molecule is COc1ccc2ncc(C(=O)NC3CCN(C)CC3)c(N3CCC4(CC3)OCCO4)c2c1. The molecule has 3 aliphatic rings. The van der Waals surface area contributed by atoms with Crippen LogP contribution in [-0.4, -0.2) is 81.2 Å². The first-order chi connectivity index (χ1) is 15.6. The maximum Gasteiger partial charge on any atom is 0.255 e. The van der Waals surface area contributed by atoms with Crippen LogP contribution in [0.1, 0.15) is 36.0 Å². The fourth-order valence-electron chi connectivity index (χ4n) is 5.06. The molecule has 2 aromatic rings. The van der Waals surface area contributed by atoms with E-state index in [1.807, 2.05) is 18.2 Å². The van der Waals surface area contributed by atoms with Crippen LogP contribution in [0.2, 0.25) is 0 Å². The number of rotatable bonds is 4. The van der Waals surface area contributed by atoms with Crippen LogP contribution in [0.3, 0.4) is 0 Å². The van der Waals surface area contributed by atoms with Gasteiger partial charge in [0.05, 0.1) is 37.1 Å². The minimum Gasteiger partial charge on any atom is -0.497 e. The molecular weight excluding hydrogens is 408 g/mol. The first kappa shape index (κ1) is 21.4. The first-order valence-electron chi connectivity index (χ1n) is 11.6. The van der Waals surface area contributed by atoms with Crippen LogP contribution in [0.15, 0.2) is 24.4 Å². The number of pyridine rings is 1. The summed E-state index contributed by atoms with van der Waals surface area (Å²) in [5, 5.41) is 4.20. The van der Waals surface area contributed by atoms with E-state index in [0.29, 0.717) is 18.8 Å². The van der Waals surface area contributed by atoms with Gasteiger partial charge in [-0.1, -0.05) is 0 Å². The Balaban J connectivity index is 1.47. The molecule has 1 aromatic heterocycles. The lowest BCUT2D eigenvalue weighted by molar-refractivity contribution is -0.169. The molecule has 5 rings (SSSR count). The molecule has 3 fully saturated rings. The predicted octanol–water partition coefficient (Wildman–Crippen LogP) is 2.41. The van der Waals surface area contributed by atoms with Crippen LogP contribution in [0.25, 0.3) is 10.9 Å². The molecule has 1 amide bonds. The largest absolute Gasteiger partial charge is 0.497 e. The maximum absolute atomic E-state index is 13.4. The Kier molecular flexibility index (Phi) is 5.92. The summed E-state index contributed by atoms with van der Waals surface area (Å²) >= 11 is 0. The molecular formula is C24H32N4O4.